The summed E-state index contributed by atoms with van der Waals surface area (Å²) in [6, 6.07) is 4.73. The van der Waals surface area contributed by atoms with Gasteiger partial charge in [-0.15, -0.1) is 11.3 Å². The minimum atomic E-state index is 1.31. The third-order valence-corrected chi connectivity index (χ3v) is 4.98. The van der Waals surface area contributed by atoms with Gasteiger partial charge in [-0.3, -0.25) is 0 Å². The molecule has 1 rings (SSSR count). The second-order valence-corrected chi connectivity index (χ2v) is 6.95. The third kappa shape index (κ3) is 8.47. The molecule has 0 aliphatic rings. The summed E-state index contributed by atoms with van der Waals surface area (Å²) in [5, 5.41) is 0. The molecule has 0 atom stereocenters. The Labute approximate surface area is 124 Å². The van der Waals surface area contributed by atoms with Gasteiger partial charge in [0.1, 0.15) is 0 Å². The highest BCUT2D eigenvalue weighted by molar-refractivity contribution is 7.11. The maximum atomic E-state index is 2.37. The zero-order chi connectivity index (χ0) is 13.8. The second-order valence-electron chi connectivity index (χ2n) is 5.70. The van der Waals surface area contributed by atoms with Crippen molar-refractivity contribution in [3.05, 3.63) is 21.9 Å². The largest absolute Gasteiger partial charge is 0.145 e. The summed E-state index contributed by atoms with van der Waals surface area (Å²) in [6.07, 6.45) is 16.6. The molecule has 19 heavy (non-hydrogen) atoms. The van der Waals surface area contributed by atoms with Gasteiger partial charge in [0.2, 0.25) is 0 Å². The van der Waals surface area contributed by atoms with E-state index in [9.17, 15) is 0 Å². The van der Waals surface area contributed by atoms with E-state index in [4.69, 9.17) is 0 Å². The number of hydrogen-bond donors (Lipinski definition) is 0. The first-order valence-electron chi connectivity index (χ1n) is 8.44. The van der Waals surface area contributed by atoms with E-state index >= 15 is 0 Å². The Morgan fingerprint density at radius 1 is 0.632 bits per heavy atom. The minimum Gasteiger partial charge on any atom is -0.145 e. The fourth-order valence-corrected chi connectivity index (χ4v) is 3.60. The molecule has 0 aliphatic carbocycles. The van der Waals surface area contributed by atoms with Crippen LogP contribution in [0.3, 0.4) is 0 Å². The van der Waals surface area contributed by atoms with E-state index in [1.165, 1.54) is 77.0 Å². The number of rotatable bonds is 12. The highest BCUT2D eigenvalue weighted by atomic mass is 32.1. The second kappa shape index (κ2) is 11.5. The van der Waals surface area contributed by atoms with Gasteiger partial charge in [0.05, 0.1) is 0 Å². The van der Waals surface area contributed by atoms with E-state index in [-0.39, 0.29) is 0 Å². The summed E-state index contributed by atoms with van der Waals surface area (Å²) >= 11 is 2.06. The first-order valence-corrected chi connectivity index (χ1v) is 9.26. The Morgan fingerprint density at radius 2 is 1.05 bits per heavy atom. The van der Waals surface area contributed by atoms with Crippen LogP contribution < -0.4 is 0 Å². The van der Waals surface area contributed by atoms with E-state index in [1.807, 2.05) is 0 Å². The van der Waals surface area contributed by atoms with Crippen LogP contribution in [0.25, 0.3) is 0 Å². The van der Waals surface area contributed by atoms with Crippen molar-refractivity contribution < 1.29 is 0 Å². The molecule has 1 aromatic heterocycles. The summed E-state index contributed by atoms with van der Waals surface area (Å²) in [4.78, 5) is 3.22. The Kier molecular flexibility index (Phi) is 10.2. The number of thiophene rings is 1. The zero-order valence-electron chi connectivity index (χ0n) is 13.0. The molecule has 1 heteroatoms. The first-order chi connectivity index (χ1) is 9.36. The van der Waals surface area contributed by atoms with Crippen molar-refractivity contribution in [2.75, 3.05) is 0 Å². The average Bonchev–Trinajstić information content (AvgIpc) is 2.86. The summed E-state index contributed by atoms with van der Waals surface area (Å²) in [5.41, 5.74) is 0. The molecule has 0 aromatic carbocycles. The quantitative estimate of drug-likeness (QED) is 0.370. The molecule has 0 amide bonds. The van der Waals surface area contributed by atoms with Crippen LogP contribution in [0.4, 0.5) is 0 Å². The molecule has 0 nitrogen and oxygen atoms in total. The third-order valence-electron chi connectivity index (χ3n) is 3.77. The van der Waals surface area contributed by atoms with E-state index in [1.54, 1.807) is 9.75 Å². The fourth-order valence-electron chi connectivity index (χ4n) is 2.50. The molecule has 0 saturated heterocycles. The van der Waals surface area contributed by atoms with Crippen molar-refractivity contribution in [2.45, 2.75) is 90.9 Å². The molecule has 0 radical (unpaired) electrons. The van der Waals surface area contributed by atoms with Gasteiger partial charge in [0.15, 0.2) is 0 Å². The lowest BCUT2D eigenvalue weighted by molar-refractivity contribution is 0.634. The Balaban J connectivity index is 2.07. The van der Waals surface area contributed by atoms with Gasteiger partial charge in [-0.05, 0) is 37.8 Å². The van der Waals surface area contributed by atoms with Gasteiger partial charge < -0.3 is 0 Å². The predicted octanol–water partition coefficient (Wildman–Crippen LogP) is 6.77. The lowest BCUT2D eigenvalue weighted by Gasteiger charge is -1.99. The number of unbranched alkanes of at least 4 members (excludes halogenated alkanes) is 8. The smallest absolute Gasteiger partial charge is 0.00481 e. The summed E-state index contributed by atoms with van der Waals surface area (Å²) in [6.45, 7) is 4.57. The average molecular weight is 281 g/mol. The first kappa shape index (κ1) is 16.8. The number of hydrogen-bond acceptors (Lipinski definition) is 1. The summed E-state index contributed by atoms with van der Waals surface area (Å²) in [5.74, 6) is 0. The van der Waals surface area contributed by atoms with Crippen LogP contribution in [0.1, 0.15) is 87.8 Å². The highest BCUT2D eigenvalue weighted by Crippen LogP contribution is 2.21. The molecule has 1 heterocycles. The standard InChI is InChI=1S/C18H32S/c1-3-5-7-9-11-13-17-15-16-18(19-17)14-12-10-8-6-4-2/h15-16H,3-14H2,1-2H3. The predicted molar refractivity (Wildman–Crippen MR) is 89.2 cm³/mol. The van der Waals surface area contributed by atoms with Crippen molar-refractivity contribution in [1.82, 2.24) is 0 Å². The van der Waals surface area contributed by atoms with E-state index < -0.39 is 0 Å². The van der Waals surface area contributed by atoms with Crippen LogP contribution in [0, 0.1) is 0 Å². The molecule has 110 valence electrons. The van der Waals surface area contributed by atoms with Crippen molar-refractivity contribution in [2.24, 2.45) is 0 Å². The molecule has 0 aliphatic heterocycles. The van der Waals surface area contributed by atoms with Crippen LogP contribution in [-0.4, -0.2) is 0 Å². The Hall–Kier alpha value is -0.300. The normalized spacial score (nSPS) is 11.1. The molecule has 0 unspecified atom stereocenters. The maximum Gasteiger partial charge on any atom is 0.00481 e. The molecule has 1 aromatic rings. The number of aryl methyl sites for hydroxylation is 2. The fraction of sp³-hybridized carbons (Fsp3) is 0.778. The molecule has 0 bridgehead atoms. The van der Waals surface area contributed by atoms with Crippen molar-refractivity contribution in [3.8, 4) is 0 Å². The zero-order valence-corrected chi connectivity index (χ0v) is 13.9. The van der Waals surface area contributed by atoms with Gasteiger partial charge in [0.25, 0.3) is 0 Å². The van der Waals surface area contributed by atoms with Gasteiger partial charge in [0, 0.05) is 9.75 Å². The Bertz CT molecular complexity index is 272. The topological polar surface area (TPSA) is 0 Å². The van der Waals surface area contributed by atoms with Crippen LogP contribution in [-0.2, 0) is 12.8 Å². The van der Waals surface area contributed by atoms with Gasteiger partial charge in [-0.25, -0.2) is 0 Å². The molecule has 0 saturated carbocycles. The van der Waals surface area contributed by atoms with Crippen molar-refractivity contribution in [1.29, 1.82) is 0 Å². The summed E-state index contributed by atoms with van der Waals surface area (Å²) < 4.78 is 0. The highest BCUT2D eigenvalue weighted by Gasteiger charge is 2.00. The van der Waals surface area contributed by atoms with Crippen LogP contribution in [0.5, 0.6) is 0 Å². The lowest BCUT2D eigenvalue weighted by Crippen LogP contribution is -1.82. The van der Waals surface area contributed by atoms with E-state index in [0.717, 1.165) is 0 Å². The van der Waals surface area contributed by atoms with Crippen molar-refractivity contribution in [3.63, 3.8) is 0 Å². The summed E-state index contributed by atoms with van der Waals surface area (Å²) in [7, 11) is 0. The lowest BCUT2D eigenvalue weighted by atomic mass is 10.1. The molecular weight excluding hydrogens is 248 g/mol. The van der Waals surface area contributed by atoms with E-state index in [0.29, 0.717) is 0 Å². The van der Waals surface area contributed by atoms with Gasteiger partial charge in [-0.2, -0.15) is 0 Å². The SMILES string of the molecule is CCCCCCCc1ccc(CCCCCCC)s1. The molecular formula is C18H32S. The molecule has 0 fully saturated rings. The van der Waals surface area contributed by atoms with E-state index in [2.05, 4.69) is 37.3 Å². The molecule has 0 N–H and O–H groups in total. The van der Waals surface area contributed by atoms with Crippen LogP contribution >= 0.6 is 11.3 Å². The molecule has 0 spiro atoms. The maximum absolute atomic E-state index is 2.37. The van der Waals surface area contributed by atoms with Crippen LogP contribution in [0.15, 0.2) is 12.1 Å². The van der Waals surface area contributed by atoms with Gasteiger partial charge >= 0.3 is 0 Å². The van der Waals surface area contributed by atoms with Crippen molar-refractivity contribution >= 4 is 11.3 Å². The van der Waals surface area contributed by atoms with Gasteiger partial charge in [-0.1, -0.05) is 65.2 Å². The Morgan fingerprint density at radius 3 is 1.47 bits per heavy atom. The van der Waals surface area contributed by atoms with Crippen LogP contribution in [0.2, 0.25) is 0 Å². The monoisotopic (exact) mass is 280 g/mol. The minimum absolute atomic E-state index is 1.31.